The molecular formula is C33H56O9Si. The first-order chi connectivity index (χ1) is 19.8. The maximum absolute atomic E-state index is 13.8. The van der Waals surface area contributed by atoms with E-state index in [-0.39, 0.29) is 17.2 Å². The van der Waals surface area contributed by atoms with Crippen LogP contribution < -0.4 is 0 Å². The first kappa shape index (κ1) is 33.5. The van der Waals surface area contributed by atoms with Crippen LogP contribution in [0.15, 0.2) is 0 Å². The number of carbonyl (C=O) groups excluding carboxylic acids is 2. The van der Waals surface area contributed by atoms with Gasteiger partial charge in [-0.3, -0.25) is 4.79 Å². The highest BCUT2D eigenvalue weighted by Crippen LogP contribution is 2.53. The van der Waals surface area contributed by atoms with E-state index in [1.54, 1.807) is 20.8 Å². The van der Waals surface area contributed by atoms with E-state index in [1.165, 1.54) is 6.92 Å². The number of hydrogen-bond donors (Lipinski definition) is 1. The zero-order chi connectivity index (χ0) is 31.6. The van der Waals surface area contributed by atoms with Crippen LogP contribution >= 0.6 is 0 Å². The number of fused-ring (bicyclic) bond motifs is 3. The molecule has 2 aliphatic heterocycles. The van der Waals surface area contributed by atoms with Gasteiger partial charge in [0.2, 0.25) is 0 Å². The van der Waals surface area contributed by atoms with Crippen LogP contribution in [0.4, 0.5) is 0 Å². The molecule has 2 heterocycles. The van der Waals surface area contributed by atoms with E-state index in [0.717, 1.165) is 64.2 Å². The number of esters is 1. The third-order valence-electron chi connectivity index (χ3n) is 10.8. The van der Waals surface area contributed by atoms with Crippen molar-refractivity contribution in [3.05, 3.63) is 0 Å². The molecule has 0 aromatic carbocycles. The van der Waals surface area contributed by atoms with Gasteiger partial charge in [0.25, 0.3) is 0 Å². The van der Waals surface area contributed by atoms with Crippen LogP contribution in [0.5, 0.6) is 0 Å². The van der Waals surface area contributed by atoms with Gasteiger partial charge in [-0.25, -0.2) is 4.79 Å². The lowest BCUT2D eigenvalue weighted by Gasteiger charge is -2.48. The summed E-state index contributed by atoms with van der Waals surface area (Å²) in [5.74, 6) is -2.58. The van der Waals surface area contributed by atoms with Gasteiger partial charge >= 0.3 is 5.97 Å². The topological polar surface area (TPSA) is 110 Å². The van der Waals surface area contributed by atoms with Crippen molar-refractivity contribution in [2.75, 3.05) is 0 Å². The Bertz CT molecular complexity index is 1050. The van der Waals surface area contributed by atoms with E-state index in [2.05, 4.69) is 33.9 Å². The zero-order valence-corrected chi connectivity index (χ0v) is 29.0. The molecule has 0 radical (unpaired) electrons. The Hall–Kier alpha value is -0.883. The van der Waals surface area contributed by atoms with Crippen molar-refractivity contribution >= 4 is 20.1 Å². The summed E-state index contributed by atoms with van der Waals surface area (Å²) < 4.78 is 40.8. The minimum Gasteiger partial charge on any atom is -0.455 e. The minimum atomic E-state index is -2.43. The minimum absolute atomic E-state index is 0.127. The summed E-state index contributed by atoms with van der Waals surface area (Å²) in [4.78, 5) is 26.7. The van der Waals surface area contributed by atoms with Gasteiger partial charge in [-0.2, -0.15) is 0 Å². The SMILES string of the molecule is CC(C)(C)C(=O)C[C@@](C)(O)C(=O)O[C@H]1[C@@H]2OC3(CCCCC3)O[C@@H]2[C@H]2OC3(CCCCC3)O[C@H]2[C@@H]1O[Si](C)(C)C(C)(C)C. The summed E-state index contributed by atoms with van der Waals surface area (Å²) in [7, 11) is -2.43. The summed E-state index contributed by atoms with van der Waals surface area (Å²) in [6.07, 6.45) is 5.33. The van der Waals surface area contributed by atoms with E-state index in [1.807, 2.05) is 0 Å². The number of hydrogen-bond acceptors (Lipinski definition) is 9. The molecule has 7 atom stereocenters. The van der Waals surface area contributed by atoms with Gasteiger partial charge in [0, 0.05) is 37.5 Å². The quantitative estimate of drug-likeness (QED) is 0.283. The van der Waals surface area contributed by atoms with Crippen LogP contribution in [0.1, 0.15) is 119 Å². The highest BCUT2D eigenvalue weighted by atomic mass is 28.4. The lowest BCUT2D eigenvalue weighted by Crippen LogP contribution is -2.66. The van der Waals surface area contributed by atoms with Crippen LogP contribution in [0.3, 0.4) is 0 Å². The van der Waals surface area contributed by atoms with Crippen molar-refractivity contribution in [3.63, 3.8) is 0 Å². The van der Waals surface area contributed by atoms with Crippen molar-refractivity contribution in [3.8, 4) is 0 Å². The van der Waals surface area contributed by atoms with E-state index in [0.29, 0.717) is 0 Å². The molecule has 0 bridgehead atoms. The predicted molar refractivity (Wildman–Crippen MR) is 163 cm³/mol. The molecule has 1 N–H and O–H groups in total. The number of ketones is 1. The van der Waals surface area contributed by atoms with Gasteiger partial charge in [-0.05, 0) is 50.7 Å². The van der Waals surface area contributed by atoms with Gasteiger partial charge < -0.3 is 33.2 Å². The second-order valence-electron chi connectivity index (χ2n) is 16.6. The second-order valence-corrected chi connectivity index (χ2v) is 21.4. The van der Waals surface area contributed by atoms with E-state index in [4.69, 9.17) is 28.1 Å². The molecule has 0 amide bonds. The smallest absolute Gasteiger partial charge is 0.338 e. The fourth-order valence-electron chi connectivity index (χ4n) is 7.04. The largest absolute Gasteiger partial charge is 0.455 e. The Labute approximate surface area is 259 Å². The van der Waals surface area contributed by atoms with Gasteiger partial charge in [0.15, 0.2) is 31.6 Å². The Morgan fingerprint density at radius 2 is 1.14 bits per heavy atom. The van der Waals surface area contributed by atoms with E-state index >= 15 is 0 Å². The van der Waals surface area contributed by atoms with Gasteiger partial charge in [-0.15, -0.1) is 0 Å². The molecule has 5 fully saturated rings. The average Bonchev–Trinajstić information content (AvgIpc) is 3.44. The molecule has 3 aliphatic carbocycles. The van der Waals surface area contributed by atoms with Crippen molar-refractivity contribution in [1.82, 2.24) is 0 Å². The zero-order valence-electron chi connectivity index (χ0n) is 28.0. The molecule has 43 heavy (non-hydrogen) atoms. The van der Waals surface area contributed by atoms with Crippen molar-refractivity contribution in [1.29, 1.82) is 0 Å². The third kappa shape index (κ3) is 6.54. The van der Waals surface area contributed by atoms with Crippen molar-refractivity contribution in [2.45, 2.75) is 191 Å². The van der Waals surface area contributed by atoms with E-state index in [9.17, 15) is 14.7 Å². The molecule has 246 valence electrons. The molecule has 10 heteroatoms. The molecule has 0 aromatic rings. The number of aliphatic hydroxyl groups is 1. The van der Waals surface area contributed by atoms with Crippen LogP contribution in [0.2, 0.25) is 18.1 Å². The lowest BCUT2D eigenvalue weighted by molar-refractivity contribution is -0.228. The Morgan fingerprint density at radius 1 is 0.721 bits per heavy atom. The van der Waals surface area contributed by atoms with Crippen molar-refractivity contribution < 1.29 is 42.8 Å². The van der Waals surface area contributed by atoms with Crippen LogP contribution in [0.25, 0.3) is 0 Å². The Balaban J connectivity index is 1.53. The fourth-order valence-corrected chi connectivity index (χ4v) is 8.35. The molecule has 3 saturated carbocycles. The standard InChI is InChI=1S/C33H56O9Si/c1-29(2,3)21(34)20-31(7,36)28(35)37-22-23-24(39-32(38-23)16-12-10-13-17-32)25-26(27(22)42-43(8,9)30(4,5)6)41-33(40-25)18-14-11-15-19-33/h22-27,36H,10-20H2,1-9H3/t22-,23-,24-,25+,26+,27+,31+/m0/s1. The van der Waals surface area contributed by atoms with Crippen molar-refractivity contribution in [2.24, 2.45) is 5.41 Å². The van der Waals surface area contributed by atoms with E-state index < -0.39 is 73.5 Å². The van der Waals surface area contributed by atoms with Gasteiger partial charge in [0.05, 0.1) is 0 Å². The summed E-state index contributed by atoms with van der Waals surface area (Å²) in [5.41, 5.74) is -2.72. The van der Waals surface area contributed by atoms with Crippen LogP contribution in [-0.4, -0.2) is 79.0 Å². The number of rotatable bonds is 6. The molecule has 2 saturated heterocycles. The first-order valence-electron chi connectivity index (χ1n) is 16.6. The third-order valence-corrected chi connectivity index (χ3v) is 15.3. The average molecular weight is 625 g/mol. The highest BCUT2D eigenvalue weighted by molar-refractivity contribution is 6.74. The summed E-state index contributed by atoms with van der Waals surface area (Å²) in [6.45, 7) is 17.5. The fraction of sp³-hybridized carbons (Fsp3) is 0.939. The summed E-state index contributed by atoms with van der Waals surface area (Å²) in [6, 6.07) is 0. The monoisotopic (exact) mass is 624 g/mol. The maximum atomic E-state index is 13.8. The molecule has 0 aromatic heterocycles. The molecule has 5 rings (SSSR count). The first-order valence-corrected chi connectivity index (χ1v) is 19.6. The maximum Gasteiger partial charge on any atom is 0.338 e. The Morgan fingerprint density at radius 3 is 1.56 bits per heavy atom. The predicted octanol–water partition coefficient (Wildman–Crippen LogP) is 5.95. The van der Waals surface area contributed by atoms with Gasteiger partial charge in [-0.1, -0.05) is 54.4 Å². The van der Waals surface area contributed by atoms with Crippen LogP contribution in [-0.2, 0) is 37.7 Å². The second kappa shape index (κ2) is 11.4. The molecule has 0 unspecified atom stereocenters. The number of ether oxygens (including phenoxy) is 5. The summed E-state index contributed by atoms with van der Waals surface area (Å²) >= 11 is 0. The molecule has 5 aliphatic rings. The van der Waals surface area contributed by atoms with Gasteiger partial charge in [0.1, 0.15) is 36.3 Å². The number of carbonyl (C=O) groups is 2. The normalized spacial score (nSPS) is 35.3. The Kier molecular flexibility index (Phi) is 8.89. The molecule has 2 spiro atoms. The highest BCUT2D eigenvalue weighted by Gasteiger charge is 2.68. The number of Topliss-reactive ketones (excluding diaryl/α,β-unsaturated/α-hetero) is 1. The molecular weight excluding hydrogens is 568 g/mol. The summed E-state index contributed by atoms with van der Waals surface area (Å²) in [5, 5.41) is 11.2. The molecule has 9 nitrogen and oxygen atoms in total. The lowest BCUT2D eigenvalue weighted by atomic mass is 9.83. The van der Waals surface area contributed by atoms with Crippen LogP contribution in [0, 0.1) is 5.41 Å².